The minimum absolute atomic E-state index is 0.109. The molecule has 3 aromatic rings. The van der Waals surface area contributed by atoms with Gasteiger partial charge in [-0.05, 0) is 47.0 Å². The Labute approximate surface area is 191 Å². The van der Waals surface area contributed by atoms with E-state index in [-0.39, 0.29) is 18.2 Å². The van der Waals surface area contributed by atoms with Gasteiger partial charge >= 0.3 is 0 Å². The minimum Gasteiger partial charge on any atom is -0.369 e. The molecule has 7 nitrogen and oxygen atoms in total. The monoisotopic (exact) mass is 449 g/mol. The van der Waals surface area contributed by atoms with Crippen LogP contribution >= 0.6 is 11.6 Å². The van der Waals surface area contributed by atoms with E-state index in [0.717, 1.165) is 46.7 Å². The molecule has 1 fully saturated rings. The van der Waals surface area contributed by atoms with Gasteiger partial charge in [0.25, 0.3) is 0 Å². The summed E-state index contributed by atoms with van der Waals surface area (Å²) in [6.07, 6.45) is 3.67. The molecule has 0 aliphatic carbocycles. The third-order valence-corrected chi connectivity index (χ3v) is 5.82. The van der Waals surface area contributed by atoms with Crippen LogP contribution in [0.4, 0.5) is 5.69 Å². The second kappa shape index (κ2) is 9.36. The highest BCUT2D eigenvalue weighted by atomic mass is 35.5. The average Bonchev–Trinajstić information content (AvgIpc) is 2.79. The Hall–Kier alpha value is -3.45. The van der Waals surface area contributed by atoms with Gasteiger partial charge < -0.3 is 15.5 Å². The number of pyridine rings is 2. The molecule has 1 saturated heterocycles. The van der Waals surface area contributed by atoms with Gasteiger partial charge in [-0.1, -0.05) is 23.7 Å². The highest BCUT2D eigenvalue weighted by Crippen LogP contribution is 2.33. The van der Waals surface area contributed by atoms with Crippen LogP contribution in [0.15, 0.2) is 54.9 Å². The van der Waals surface area contributed by atoms with Gasteiger partial charge in [-0.25, -0.2) is 4.98 Å². The van der Waals surface area contributed by atoms with Gasteiger partial charge in [-0.15, -0.1) is 0 Å². The van der Waals surface area contributed by atoms with E-state index < -0.39 is 0 Å². The lowest BCUT2D eigenvalue weighted by molar-refractivity contribution is -0.129. The summed E-state index contributed by atoms with van der Waals surface area (Å²) >= 11 is 6.11. The van der Waals surface area contributed by atoms with Crippen LogP contribution in [0.3, 0.4) is 0 Å². The first-order valence-electron chi connectivity index (χ1n) is 10.4. The van der Waals surface area contributed by atoms with Gasteiger partial charge in [0.15, 0.2) is 0 Å². The van der Waals surface area contributed by atoms with E-state index in [2.05, 4.69) is 9.88 Å². The molecule has 0 bridgehead atoms. The Morgan fingerprint density at radius 1 is 1.00 bits per heavy atom. The quantitative estimate of drug-likeness (QED) is 0.604. The lowest BCUT2D eigenvalue weighted by atomic mass is 9.95. The molecule has 3 heterocycles. The molecule has 164 valence electrons. The fourth-order valence-corrected chi connectivity index (χ4v) is 4.12. The highest BCUT2D eigenvalue weighted by molar-refractivity contribution is 6.29. The zero-order chi connectivity index (χ0) is 22.7. The van der Waals surface area contributed by atoms with E-state index in [1.165, 1.54) is 0 Å². The maximum atomic E-state index is 11.6. The van der Waals surface area contributed by atoms with Crippen LogP contribution in [0.1, 0.15) is 12.5 Å². The summed E-state index contributed by atoms with van der Waals surface area (Å²) in [5.74, 6) is -0.277. The molecule has 2 aromatic heterocycles. The summed E-state index contributed by atoms with van der Waals surface area (Å²) in [4.78, 5) is 35.9. The van der Waals surface area contributed by atoms with Crippen molar-refractivity contribution >= 4 is 29.1 Å². The van der Waals surface area contributed by atoms with Crippen LogP contribution < -0.4 is 10.6 Å². The van der Waals surface area contributed by atoms with Crippen molar-refractivity contribution in [2.75, 3.05) is 31.1 Å². The number of hydrogen-bond acceptors (Lipinski definition) is 5. The maximum absolute atomic E-state index is 11.6. The Kier molecular flexibility index (Phi) is 6.37. The number of halogens is 1. The number of benzene rings is 1. The number of hydrogen-bond donors (Lipinski definition) is 1. The van der Waals surface area contributed by atoms with Gasteiger partial charge in [0.2, 0.25) is 11.8 Å². The summed E-state index contributed by atoms with van der Waals surface area (Å²) in [5, 5.41) is 0.405. The highest BCUT2D eigenvalue weighted by Gasteiger charge is 2.19. The zero-order valence-electron chi connectivity index (χ0n) is 17.8. The van der Waals surface area contributed by atoms with E-state index in [9.17, 15) is 9.59 Å². The molecule has 8 heteroatoms. The summed E-state index contributed by atoms with van der Waals surface area (Å²) in [6.45, 7) is 4.56. The Balaban J connectivity index is 1.65. The first-order chi connectivity index (χ1) is 15.4. The first-order valence-corrected chi connectivity index (χ1v) is 10.8. The molecular formula is C24H24ClN5O2. The first kappa shape index (κ1) is 21.8. The smallest absolute Gasteiger partial charge is 0.221 e. The molecule has 0 saturated carbocycles. The molecule has 0 spiro atoms. The number of primary amides is 1. The van der Waals surface area contributed by atoms with Gasteiger partial charge in [0.1, 0.15) is 5.15 Å². The van der Waals surface area contributed by atoms with Crippen molar-refractivity contribution in [3.05, 3.63) is 65.6 Å². The van der Waals surface area contributed by atoms with Crippen molar-refractivity contribution in [3.8, 4) is 22.4 Å². The topological polar surface area (TPSA) is 92.4 Å². The minimum atomic E-state index is -0.385. The number of rotatable bonds is 5. The van der Waals surface area contributed by atoms with E-state index in [4.69, 9.17) is 22.3 Å². The third-order valence-electron chi connectivity index (χ3n) is 5.61. The average molecular weight is 450 g/mol. The van der Waals surface area contributed by atoms with Crippen molar-refractivity contribution in [2.45, 2.75) is 13.3 Å². The Morgan fingerprint density at radius 2 is 1.78 bits per heavy atom. The van der Waals surface area contributed by atoms with Crippen molar-refractivity contribution in [2.24, 2.45) is 5.73 Å². The lowest BCUT2D eigenvalue weighted by Gasteiger charge is -2.35. The number of nitrogens with two attached hydrogens (primary N) is 1. The van der Waals surface area contributed by atoms with Gasteiger partial charge in [-0.3, -0.25) is 14.6 Å². The predicted octanol–water partition coefficient (Wildman–Crippen LogP) is 3.16. The predicted molar refractivity (Wildman–Crippen MR) is 125 cm³/mol. The van der Waals surface area contributed by atoms with E-state index >= 15 is 0 Å². The molecule has 0 atom stereocenters. The number of amides is 2. The normalized spacial score (nSPS) is 13.8. The molecular weight excluding hydrogens is 426 g/mol. The van der Waals surface area contributed by atoms with Crippen LogP contribution in [0.25, 0.3) is 22.4 Å². The third kappa shape index (κ3) is 4.89. The Morgan fingerprint density at radius 3 is 2.41 bits per heavy atom. The van der Waals surface area contributed by atoms with Gasteiger partial charge in [-0.2, -0.15) is 0 Å². The Bertz CT molecular complexity index is 1140. The molecule has 0 radical (unpaired) electrons. The maximum Gasteiger partial charge on any atom is 0.221 e. The van der Waals surface area contributed by atoms with Gasteiger partial charge in [0, 0.05) is 44.9 Å². The number of carbonyl (C=O) groups is 2. The molecule has 1 aliphatic heterocycles. The van der Waals surface area contributed by atoms with Crippen LogP contribution in [0.5, 0.6) is 0 Å². The molecule has 32 heavy (non-hydrogen) atoms. The van der Waals surface area contributed by atoms with Crippen molar-refractivity contribution < 1.29 is 9.59 Å². The van der Waals surface area contributed by atoms with Crippen molar-refractivity contribution in [3.63, 3.8) is 0 Å². The van der Waals surface area contributed by atoms with Crippen LogP contribution in [0.2, 0.25) is 5.15 Å². The van der Waals surface area contributed by atoms with Crippen LogP contribution in [0, 0.1) is 0 Å². The molecule has 2 amide bonds. The molecule has 1 aromatic carbocycles. The summed E-state index contributed by atoms with van der Waals surface area (Å²) in [7, 11) is 0. The molecule has 2 N–H and O–H groups in total. The summed E-state index contributed by atoms with van der Waals surface area (Å²) < 4.78 is 0. The number of aromatic nitrogens is 2. The zero-order valence-corrected chi connectivity index (χ0v) is 18.5. The fraction of sp³-hybridized carbons (Fsp3) is 0.250. The van der Waals surface area contributed by atoms with E-state index in [1.807, 2.05) is 47.5 Å². The standard InChI is InChI=1S/C24H24ClN5O2/c1-16(31)29-8-10-30(11-9-29)19-3-5-22(28-15-19)21-12-17(13-24(26)32)2-4-20(21)18-6-7-27-23(25)14-18/h2-7,12,14-15H,8-11,13H2,1H3,(H2,26,32). The number of carbonyl (C=O) groups excluding carboxylic acids is 2. The molecule has 1 aliphatic rings. The van der Waals surface area contributed by atoms with Gasteiger partial charge in [0.05, 0.1) is 24.0 Å². The largest absolute Gasteiger partial charge is 0.369 e. The SMILES string of the molecule is CC(=O)N1CCN(c2ccc(-c3cc(CC(N)=O)ccc3-c3ccnc(Cl)c3)nc2)CC1. The summed E-state index contributed by atoms with van der Waals surface area (Å²) in [5.41, 5.74) is 10.8. The second-order valence-electron chi connectivity index (χ2n) is 7.79. The van der Waals surface area contributed by atoms with Crippen LogP contribution in [-0.4, -0.2) is 52.9 Å². The van der Waals surface area contributed by atoms with Crippen molar-refractivity contribution in [1.82, 2.24) is 14.9 Å². The second-order valence-corrected chi connectivity index (χ2v) is 8.17. The number of piperazine rings is 1. The van der Waals surface area contributed by atoms with E-state index in [0.29, 0.717) is 18.2 Å². The van der Waals surface area contributed by atoms with E-state index in [1.54, 1.807) is 19.2 Å². The lowest BCUT2D eigenvalue weighted by Crippen LogP contribution is -2.48. The van der Waals surface area contributed by atoms with Crippen LogP contribution in [-0.2, 0) is 16.0 Å². The molecule has 0 unspecified atom stereocenters. The molecule has 4 rings (SSSR count). The number of anilines is 1. The van der Waals surface area contributed by atoms with Crippen molar-refractivity contribution in [1.29, 1.82) is 0 Å². The summed E-state index contributed by atoms with van der Waals surface area (Å²) in [6, 6.07) is 13.5. The fourth-order valence-electron chi connectivity index (χ4n) is 3.95. The number of nitrogens with zero attached hydrogens (tertiary/aromatic N) is 4.